The van der Waals surface area contributed by atoms with Crippen LogP contribution in [0, 0.1) is 0 Å². The Morgan fingerprint density at radius 3 is 2.15 bits per heavy atom. The van der Waals surface area contributed by atoms with Crippen molar-refractivity contribution in [2.24, 2.45) is 0 Å². The van der Waals surface area contributed by atoms with Gasteiger partial charge in [0.15, 0.2) is 5.82 Å². The summed E-state index contributed by atoms with van der Waals surface area (Å²) in [4.78, 5) is 4.88. The molecule has 2 aromatic carbocycles. The van der Waals surface area contributed by atoms with E-state index < -0.39 is 0 Å². The number of aromatic nitrogens is 4. The molecule has 1 saturated heterocycles. The van der Waals surface area contributed by atoms with Crippen LogP contribution in [0.3, 0.4) is 0 Å². The van der Waals surface area contributed by atoms with Crippen LogP contribution in [0.15, 0.2) is 54.6 Å². The van der Waals surface area contributed by atoms with Crippen molar-refractivity contribution < 1.29 is 0 Å². The van der Waals surface area contributed by atoms with Crippen LogP contribution in [0.25, 0.3) is 5.69 Å². The van der Waals surface area contributed by atoms with E-state index in [0.717, 1.165) is 55.8 Å². The molecule has 0 radical (unpaired) electrons. The zero-order valence-corrected chi connectivity index (χ0v) is 15.3. The molecule has 0 bridgehead atoms. The van der Waals surface area contributed by atoms with Gasteiger partial charge in [0.05, 0.1) is 12.2 Å². The molecule has 26 heavy (non-hydrogen) atoms. The predicted octanol–water partition coefficient (Wildman–Crippen LogP) is 2.63. The molecule has 0 unspecified atom stereocenters. The van der Waals surface area contributed by atoms with Crippen LogP contribution >= 0.6 is 11.6 Å². The summed E-state index contributed by atoms with van der Waals surface area (Å²) in [5.41, 5.74) is 2.30. The smallest absolute Gasteiger partial charge is 0.170 e. The van der Waals surface area contributed by atoms with Gasteiger partial charge in [-0.2, -0.15) is 4.68 Å². The Balaban J connectivity index is 1.33. The van der Waals surface area contributed by atoms with Crippen molar-refractivity contribution in [3.63, 3.8) is 0 Å². The van der Waals surface area contributed by atoms with Crippen molar-refractivity contribution in [2.45, 2.75) is 13.1 Å². The SMILES string of the molecule is Clc1ccc(CN2CCN(Cc3nnnn3-c3ccccc3)CC2)cc1. The van der Waals surface area contributed by atoms with Gasteiger partial charge in [0.1, 0.15) is 0 Å². The van der Waals surface area contributed by atoms with Crippen LogP contribution in [-0.2, 0) is 13.1 Å². The van der Waals surface area contributed by atoms with Crippen LogP contribution in [0.5, 0.6) is 0 Å². The molecule has 1 fully saturated rings. The van der Waals surface area contributed by atoms with Gasteiger partial charge in [-0.25, -0.2) is 0 Å². The summed E-state index contributed by atoms with van der Waals surface area (Å²) >= 11 is 5.96. The number of rotatable bonds is 5. The molecule has 4 rings (SSSR count). The standard InChI is InChI=1S/C19H21ClN6/c20-17-8-6-16(7-9-17)14-24-10-12-25(13-11-24)15-19-21-22-23-26(19)18-4-2-1-3-5-18/h1-9H,10-15H2. The summed E-state index contributed by atoms with van der Waals surface area (Å²) in [6.07, 6.45) is 0. The topological polar surface area (TPSA) is 50.1 Å². The highest BCUT2D eigenvalue weighted by molar-refractivity contribution is 6.30. The number of hydrogen-bond acceptors (Lipinski definition) is 5. The first-order chi connectivity index (χ1) is 12.8. The lowest BCUT2D eigenvalue weighted by Crippen LogP contribution is -2.45. The molecule has 0 spiro atoms. The van der Waals surface area contributed by atoms with Crippen molar-refractivity contribution in [1.29, 1.82) is 0 Å². The van der Waals surface area contributed by atoms with E-state index in [9.17, 15) is 0 Å². The minimum Gasteiger partial charge on any atom is -0.297 e. The van der Waals surface area contributed by atoms with E-state index in [4.69, 9.17) is 11.6 Å². The largest absolute Gasteiger partial charge is 0.297 e. The maximum absolute atomic E-state index is 5.96. The Bertz CT molecular complexity index is 825. The van der Waals surface area contributed by atoms with Gasteiger partial charge in [-0.3, -0.25) is 9.80 Å². The first-order valence-corrected chi connectivity index (χ1v) is 9.17. The number of halogens is 1. The van der Waals surface area contributed by atoms with E-state index >= 15 is 0 Å². The summed E-state index contributed by atoms with van der Waals surface area (Å²) in [6.45, 7) is 5.82. The second-order valence-corrected chi connectivity index (χ2v) is 6.96. The summed E-state index contributed by atoms with van der Waals surface area (Å²) in [5, 5.41) is 13.0. The molecule has 3 aromatic rings. The molecule has 0 saturated carbocycles. The van der Waals surface area contributed by atoms with Gasteiger partial charge in [-0.05, 0) is 40.3 Å². The highest BCUT2D eigenvalue weighted by Gasteiger charge is 2.19. The number of tetrazole rings is 1. The van der Waals surface area contributed by atoms with E-state index in [1.165, 1.54) is 5.56 Å². The summed E-state index contributed by atoms with van der Waals surface area (Å²) in [5.74, 6) is 0.877. The molecular formula is C19H21ClN6. The monoisotopic (exact) mass is 368 g/mol. The normalized spacial score (nSPS) is 16.0. The lowest BCUT2D eigenvalue weighted by Gasteiger charge is -2.34. The average Bonchev–Trinajstić information content (AvgIpc) is 3.14. The first kappa shape index (κ1) is 17.1. The van der Waals surface area contributed by atoms with E-state index in [1.807, 2.05) is 47.1 Å². The molecule has 0 amide bonds. The fraction of sp³-hybridized carbons (Fsp3) is 0.316. The third kappa shape index (κ3) is 4.09. The summed E-state index contributed by atoms with van der Waals surface area (Å²) < 4.78 is 1.82. The van der Waals surface area contributed by atoms with E-state index in [0.29, 0.717) is 0 Å². The molecule has 0 atom stereocenters. The van der Waals surface area contributed by atoms with Crippen LogP contribution in [0.1, 0.15) is 11.4 Å². The minimum atomic E-state index is 0.761. The van der Waals surface area contributed by atoms with Gasteiger partial charge in [-0.1, -0.05) is 41.9 Å². The van der Waals surface area contributed by atoms with Crippen LogP contribution in [0.2, 0.25) is 5.02 Å². The zero-order valence-electron chi connectivity index (χ0n) is 14.5. The maximum atomic E-state index is 5.96. The minimum absolute atomic E-state index is 0.761. The third-order valence-electron chi connectivity index (χ3n) is 4.68. The molecular weight excluding hydrogens is 348 g/mol. The Morgan fingerprint density at radius 1 is 0.808 bits per heavy atom. The van der Waals surface area contributed by atoms with Crippen LogP contribution in [0.4, 0.5) is 0 Å². The molecule has 1 aliphatic heterocycles. The quantitative estimate of drug-likeness (QED) is 0.693. The lowest BCUT2D eigenvalue weighted by atomic mass is 10.2. The third-order valence-corrected chi connectivity index (χ3v) is 4.94. The fourth-order valence-electron chi connectivity index (χ4n) is 3.23. The molecule has 2 heterocycles. The Morgan fingerprint density at radius 2 is 1.46 bits per heavy atom. The second-order valence-electron chi connectivity index (χ2n) is 6.52. The van der Waals surface area contributed by atoms with Gasteiger partial charge >= 0.3 is 0 Å². The van der Waals surface area contributed by atoms with Crippen molar-refractivity contribution in [3.8, 4) is 5.69 Å². The molecule has 0 aliphatic carbocycles. The Kier molecular flexibility index (Phi) is 5.24. The average molecular weight is 369 g/mol. The van der Waals surface area contributed by atoms with Crippen LogP contribution in [-0.4, -0.2) is 56.2 Å². The van der Waals surface area contributed by atoms with Gasteiger partial charge in [-0.15, -0.1) is 5.10 Å². The van der Waals surface area contributed by atoms with Gasteiger partial charge in [0, 0.05) is 37.7 Å². The van der Waals surface area contributed by atoms with E-state index in [-0.39, 0.29) is 0 Å². The lowest BCUT2D eigenvalue weighted by molar-refractivity contribution is 0.119. The van der Waals surface area contributed by atoms with E-state index in [1.54, 1.807) is 0 Å². The predicted molar refractivity (Wildman–Crippen MR) is 101 cm³/mol. The van der Waals surface area contributed by atoms with Crippen molar-refractivity contribution in [1.82, 2.24) is 30.0 Å². The van der Waals surface area contributed by atoms with Gasteiger partial charge < -0.3 is 0 Å². The number of hydrogen-bond donors (Lipinski definition) is 0. The molecule has 134 valence electrons. The first-order valence-electron chi connectivity index (χ1n) is 8.80. The molecule has 0 N–H and O–H groups in total. The van der Waals surface area contributed by atoms with E-state index in [2.05, 4.69) is 37.5 Å². The fourth-order valence-corrected chi connectivity index (χ4v) is 3.35. The highest BCUT2D eigenvalue weighted by atomic mass is 35.5. The maximum Gasteiger partial charge on any atom is 0.170 e. The molecule has 6 nitrogen and oxygen atoms in total. The summed E-state index contributed by atoms with van der Waals surface area (Å²) in [6, 6.07) is 18.1. The Hall–Kier alpha value is -2.28. The molecule has 7 heteroatoms. The van der Waals surface area contributed by atoms with Gasteiger partial charge in [0.25, 0.3) is 0 Å². The number of piperazine rings is 1. The van der Waals surface area contributed by atoms with Crippen LogP contribution < -0.4 is 0 Å². The number of benzene rings is 2. The number of nitrogens with zero attached hydrogens (tertiary/aromatic N) is 6. The van der Waals surface area contributed by atoms with Crippen molar-refractivity contribution in [2.75, 3.05) is 26.2 Å². The number of para-hydroxylation sites is 1. The Labute approximate surface area is 158 Å². The van der Waals surface area contributed by atoms with Crippen molar-refractivity contribution in [3.05, 3.63) is 71.0 Å². The summed E-state index contributed by atoms with van der Waals surface area (Å²) in [7, 11) is 0. The molecule has 1 aromatic heterocycles. The van der Waals surface area contributed by atoms with Crippen molar-refractivity contribution >= 4 is 11.6 Å². The highest BCUT2D eigenvalue weighted by Crippen LogP contribution is 2.14. The second kappa shape index (κ2) is 7.95. The zero-order chi connectivity index (χ0) is 17.8. The van der Waals surface area contributed by atoms with Gasteiger partial charge in [0.2, 0.25) is 0 Å². The molecule has 1 aliphatic rings.